The van der Waals surface area contributed by atoms with Crippen molar-refractivity contribution in [3.8, 4) is 0 Å². The topological polar surface area (TPSA) is 64.1 Å². The smallest absolute Gasteiger partial charge is 0.307 e. The van der Waals surface area contributed by atoms with Crippen molar-refractivity contribution in [3.63, 3.8) is 0 Å². The summed E-state index contributed by atoms with van der Waals surface area (Å²) < 4.78 is 4.52. The van der Waals surface area contributed by atoms with Gasteiger partial charge in [0.1, 0.15) is 11.6 Å². The summed E-state index contributed by atoms with van der Waals surface area (Å²) in [7, 11) is 1.38. The van der Waals surface area contributed by atoms with E-state index in [1.807, 2.05) is 19.9 Å². The van der Waals surface area contributed by atoms with E-state index in [1.165, 1.54) is 7.11 Å². The molecule has 82 valence electrons. The molecule has 1 N–H and O–H groups in total. The van der Waals surface area contributed by atoms with Crippen LogP contribution >= 0.6 is 0 Å². The third-order valence-electron chi connectivity index (χ3n) is 1.83. The molecular weight excluding hydrogens is 194 g/mol. The summed E-state index contributed by atoms with van der Waals surface area (Å²) in [4.78, 5) is 19.2. The van der Waals surface area contributed by atoms with Crippen LogP contribution in [0.15, 0.2) is 6.07 Å². The van der Waals surface area contributed by atoms with Gasteiger partial charge < -0.3 is 10.1 Å². The summed E-state index contributed by atoms with van der Waals surface area (Å²) in [5.41, 5.74) is 0.906. The molecule has 0 aliphatic rings. The largest absolute Gasteiger partial charge is 0.469 e. The van der Waals surface area contributed by atoms with Crippen LogP contribution in [0, 0.1) is 13.8 Å². The molecule has 1 rings (SSSR count). The van der Waals surface area contributed by atoms with Gasteiger partial charge in [0.2, 0.25) is 0 Å². The predicted octanol–water partition coefficient (Wildman–Crippen LogP) is 1.07. The minimum atomic E-state index is -0.231. The van der Waals surface area contributed by atoms with Gasteiger partial charge >= 0.3 is 5.97 Å². The molecule has 0 aliphatic carbocycles. The van der Waals surface area contributed by atoms with Crippen molar-refractivity contribution >= 4 is 11.8 Å². The number of methoxy groups -OCH3 is 1. The fraction of sp³-hybridized carbons (Fsp3) is 0.500. The number of carbonyl (C=O) groups is 1. The monoisotopic (exact) mass is 209 g/mol. The first-order valence-electron chi connectivity index (χ1n) is 4.75. The lowest BCUT2D eigenvalue weighted by Crippen LogP contribution is -2.11. The molecule has 0 bridgehead atoms. The van der Waals surface area contributed by atoms with Gasteiger partial charge in [-0.2, -0.15) is 0 Å². The van der Waals surface area contributed by atoms with Crippen molar-refractivity contribution < 1.29 is 9.53 Å². The first-order chi connectivity index (χ1) is 7.11. The molecule has 0 atom stereocenters. The number of nitrogens with zero attached hydrogens (tertiary/aromatic N) is 2. The predicted molar refractivity (Wildman–Crippen MR) is 56.6 cm³/mol. The number of anilines is 1. The van der Waals surface area contributed by atoms with Gasteiger partial charge in [-0.15, -0.1) is 0 Å². The fourth-order valence-corrected chi connectivity index (χ4v) is 1.20. The number of rotatable bonds is 4. The molecule has 0 radical (unpaired) electrons. The maximum absolute atomic E-state index is 10.8. The lowest BCUT2D eigenvalue weighted by molar-refractivity contribution is -0.140. The van der Waals surface area contributed by atoms with Gasteiger partial charge in [-0.05, 0) is 13.8 Å². The summed E-state index contributed by atoms with van der Waals surface area (Å²) >= 11 is 0. The Hall–Kier alpha value is -1.65. The minimum Gasteiger partial charge on any atom is -0.469 e. The second kappa shape index (κ2) is 5.29. The molecule has 1 aromatic heterocycles. The number of ether oxygens (including phenoxy) is 1. The van der Waals surface area contributed by atoms with Crippen LogP contribution in [0.25, 0.3) is 0 Å². The highest BCUT2D eigenvalue weighted by molar-refractivity contribution is 5.69. The Morgan fingerprint density at radius 3 is 2.80 bits per heavy atom. The molecule has 0 spiro atoms. The Morgan fingerprint density at radius 2 is 2.20 bits per heavy atom. The van der Waals surface area contributed by atoms with E-state index in [9.17, 15) is 4.79 Å². The number of hydrogen-bond acceptors (Lipinski definition) is 5. The molecule has 1 heterocycles. The van der Waals surface area contributed by atoms with Gasteiger partial charge in [-0.25, -0.2) is 9.97 Å². The van der Waals surface area contributed by atoms with Crippen molar-refractivity contribution in [2.24, 2.45) is 0 Å². The van der Waals surface area contributed by atoms with Crippen LogP contribution in [0.4, 0.5) is 5.82 Å². The van der Waals surface area contributed by atoms with Crippen molar-refractivity contribution in [2.75, 3.05) is 19.0 Å². The number of aromatic nitrogens is 2. The molecule has 0 saturated heterocycles. The van der Waals surface area contributed by atoms with Crippen molar-refractivity contribution in [2.45, 2.75) is 20.3 Å². The third kappa shape index (κ3) is 3.93. The van der Waals surface area contributed by atoms with E-state index >= 15 is 0 Å². The number of esters is 1. The lowest BCUT2D eigenvalue weighted by atomic mass is 10.4. The third-order valence-corrected chi connectivity index (χ3v) is 1.83. The Labute approximate surface area is 88.9 Å². The standard InChI is InChI=1S/C10H15N3O2/c1-7-6-9(13-8(2)12-7)11-5-4-10(14)15-3/h6H,4-5H2,1-3H3,(H,11,12,13). The molecule has 0 saturated carbocycles. The van der Waals surface area contributed by atoms with Crippen LogP contribution in [0.3, 0.4) is 0 Å². The van der Waals surface area contributed by atoms with Gasteiger partial charge in [-0.1, -0.05) is 0 Å². The Balaban J connectivity index is 2.47. The van der Waals surface area contributed by atoms with E-state index in [0.29, 0.717) is 13.0 Å². The molecule has 0 aliphatic heterocycles. The Kier molecular flexibility index (Phi) is 4.03. The average Bonchev–Trinajstić information content (AvgIpc) is 2.16. The van der Waals surface area contributed by atoms with Gasteiger partial charge in [0.05, 0.1) is 13.5 Å². The highest BCUT2D eigenvalue weighted by Crippen LogP contribution is 2.05. The number of aryl methyl sites for hydroxylation is 2. The molecule has 5 nitrogen and oxygen atoms in total. The maximum Gasteiger partial charge on any atom is 0.307 e. The lowest BCUT2D eigenvalue weighted by Gasteiger charge is -2.05. The van der Waals surface area contributed by atoms with Crippen LogP contribution in [0.5, 0.6) is 0 Å². The van der Waals surface area contributed by atoms with E-state index in [0.717, 1.165) is 17.3 Å². The normalized spacial score (nSPS) is 9.80. The van der Waals surface area contributed by atoms with Crippen LogP contribution in [-0.2, 0) is 9.53 Å². The van der Waals surface area contributed by atoms with E-state index in [4.69, 9.17) is 0 Å². The van der Waals surface area contributed by atoms with E-state index in [1.54, 1.807) is 0 Å². The van der Waals surface area contributed by atoms with Gasteiger partial charge in [0, 0.05) is 18.3 Å². The molecule has 5 heteroatoms. The number of hydrogen-bond donors (Lipinski definition) is 1. The minimum absolute atomic E-state index is 0.231. The van der Waals surface area contributed by atoms with Crippen LogP contribution in [0.2, 0.25) is 0 Å². The van der Waals surface area contributed by atoms with Gasteiger partial charge in [0.25, 0.3) is 0 Å². The molecule has 0 amide bonds. The summed E-state index contributed by atoms with van der Waals surface area (Å²) in [5, 5.41) is 3.04. The quantitative estimate of drug-likeness (QED) is 0.751. The first-order valence-corrected chi connectivity index (χ1v) is 4.75. The maximum atomic E-state index is 10.8. The van der Waals surface area contributed by atoms with Gasteiger partial charge in [-0.3, -0.25) is 4.79 Å². The van der Waals surface area contributed by atoms with E-state index in [-0.39, 0.29) is 5.97 Å². The number of nitrogens with one attached hydrogen (secondary N) is 1. The number of carbonyl (C=O) groups excluding carboxylic acids is 1. The van der Waals surface area contributed by atoms with Crippen LogP contribution in [-0.4, -0.2) is 29.6 Å². The molecule has 15 heavy (non-hydrogen) atoms. The zero-order valence-electron chi connectivity index (χ0n) is 9.20. The summed E-state index contributed by atoms with van der Waals surface area (Å²) in [5.74, 6) is 1.23. The second-order valence-corrected chi connectivity index (χ2v) is 3.19. The zero-order chi connectivity index (χ0) is 11.3. The summed E-state index contributed by atoms with van der Waals surface area (Å²) in [6.07, 6.45) is 0.332. The Bertz CT molecular complexity index is 332. The average molecular weight is 209 g/mol. The van der Waals surface area contributed by atoms with E-state index in [2.05, 4.69) is 20.0 Å². The van der Waals surface area contributed by atoms with Gasteiger partial charge in [0.15, 0.2) is 0 Å². The zero-order valence-corrected chi connectivity index (χ0v) is 9.20. The van der Waals surface area contributed by atoms with E-state index < -0.39 is 0 Å². The van der Waals surface area contributed by atoms with Crippen LogP contribution in [0.1, 0.15) is 17.9 Å². The Morgan fingerprint density at radius 1 is 1.47 bits per heavy atom. The molecule has 0 fully saturated rings. The highest BCUT2D eigenvalue weighted by Gasteiger charge is 2.01. The van der Waals surface area contributed by atoms with Crippen molar-refractivity contribution in [1.82, 2.24) is 9.97 Å². The second-order valence-electron chi connectivity index (χ2n) is 3.19. The SMILES string of the molecule is COC(=O)CCNc1cc(C)nc(C)n1. The molecule has 0 aromatic carbocycles. The van der Waals surface area contributed by atoms with Crippen molar-refractivity contribution in [3.05, 3.63) is 17.6 Å². The molecule has 1 aromatic rings. The first kappa shape index (κ1) is 11.4. The summed E-state index contributed by atoms with van der Waals surface area (Å²) in [6, 6.07) is 1.84. The van der Waals surface area contributed by atoms with Crippen LogP contribution < -0.4 is 5.32 Å². The highest BCUT2D eigenvalue weighted by atomic mass is 16.5. The fourth-order valence-electron chi connectivity index (χ4n) is 1.20. The van der Waals surface area contributed by atoms with Crippen molar-refractivity contribution in [1.29, 1.82) is 0 Å². The summed E-state index contributed by atoms with van der Waals surface area (Å²) in [6.45, 7) is 4.25. The molecule has 0 unspecified atom stereocenters. The molecular formula is C10H15N3O2.